The average Bonchev–Trinajstić information content (AvgIpc) is 1.88. The molecular formula is C7H12O4. The van der Waals surface area contributed by atoms with E-state index in [0.717, 1.165) is 0 Å². The summed E-state index contributed by atoms with van der Waals surface area (Å²) in [5.74, 6) is -1.52. The van der Waals surface area contributed by atoms with Gasteiger partial charge in [-0.1, -0.05) is 13.8 Å². The van der Waals surface area contributed by atoms with Crippen LogP contribution < -0.4 is 0 Å². The molecule has 0 aromatic carbocycles. The number of carbonyl (C=O) groups excluding carboxylic acids is 2. The molecule has 4 heteroatoms. The summed E-state index contributed by atoms with van der Waals surface area (Å²) in [5, 5.41) is 8.20. The zero-order chi connectivity index (χ0) is 8.85. The molecule has 0 heterocycles. The smallest absolute Gasteiger partial charge is 0.318 e. The average molecular weight is 160 g/mol. The van der Waals surface area contributed by atoms with Gasteiger partial charge in [-0.3, -0.25) is 4.79 Å². The van der Waals surface area contributed by atoms with Crippen molar-refractivity contribution in [2.24, 2.45) is 11.8 Å². The molecule has 0 saturated heterocycles. The van der Waals surface area contributed by atoms with Crippen molar-refractivity contribution in [3.63, 3.8) is 0 Å². The lowest BCUT2D eigenvalue weighted by molar-refractivity contribution is -0.158. The van der Waals surface area contributed by atoms with Crippen LogP contribution in [0.3, 0.4) is 0 Å². The molecule has 0 bridgehead atoms. The van der Waals surface area contributed by atoms with Gasteiger partial charge in [0.1, 0.15) is 12.2 Å². The van der Waals surface area contributed by atoms with E-state index >= 15 is 0 Å². The standard InChI is InChI=1S/C7H12O4/c1-5(2)6(3-8)7(10)11-4-9/h3,5-6,9H,4H2,1-2H3. The molecule has 0 aliphatic rings. The third-order valence-electron chi connectivity index (χ3n) is 1.34. The Morgan fingerprint density at radius 2 is 2.18 bits per heavy atom. The number of aliphatic hydroxyl groups excluding tert-OH is 1. The first kappa shape index (κ1) is 10.1. The number of hydrogen-bond acceptors (Lipinski definition) is 4. The van der Waals surface area contributed by atoms with Crippen molar-refractivity contribution < 1.29 is 19.4 Å². The van der Waals surface area contributed by atoms with Gasteiger partial charge in [0, 0.05) is 0 Å². The molecule has 64 valence electrons. The molecule has 1 atom stereocenters. The fourth-order valence-corrected chi connectivity index (χ4v) is 0.645. The Morgan fingerprint density at radius 3 is 2.45 bits per heavy atom. The van der Waals surface area contributed by atoms with Gasteiger partial charge in [-0.25, -0.2) is 0 Å². The SMILES string of the molecule is CC(C)C(C=O)C(=O)OCO. The summed E-state index contributed by atoms with van der Waals surface area (Å²) in [7, 11) is 0. The molecule has 0 aliphatic heterocycles. The molecule has 0 fully saturated rings. The van der Waals surface area contributed by atoms with Crippen LogP contribution in [0.5, 0.6) is 0 Å². The molecule has 0 rings (SSSR count). The normalized spacial score (nSPS) is 12.7. The van der Waals surface area contributed by atoms with E-state index in [2.05, 4.69) is 4.74 Å². The van der Waals surface area contributed by atoms with Crippen LogP contribution in [0, 0.1) is 11.8 Å². The van der Waals surface area contributed by atoms with Gasteiger partial charge >= 0.3 is 5.97 Å². The van der Waals surface area contributed by atoms with Crippen LogP contribution in [-0.4, -0.2) is 24.2 Å². The summed E-state index contributed by atoms with van der Waals surface area (Å²) >= 11 is 0. The summed E-state index contributed by atoms with van der Waals surface area (Å²) in [5.41, 5.74) is 0. The zero-order valence-electron chi connectivity index (χ0n) is 6.61. The van der Waals surface area contributed by atoms with Crippen molar-refractivity contribution in [2.45, 2.75) is 13.8 Å². The number of esters is 1. The number of ether oxygens (including phenoxy) is 1. The lowest BCUT2D eigenvalue weighted by atomic mass is 9.98. The molecular weight excluding hydrogens is 148 g/mol. The maximum absolute atomic E-state index is 10.8. The van der Waals surface area contributed by atoms with Crippen molar-refractivity contribution in [1.29, 1.82) is 0 Å². The Hall–Kier alpha value is -0.900. The Bertz CT molecular complexity index is 141. The van der Waals surface area contributed by atoms with Gasteiger partial charge in [0.25, 0.3) is 0 Å². The molecule has 0 spiro atoms. The van der Waals surface area contributed by atoms with Gasteiger partial charge in [-0.15, -0.1) is 0 Å². The van der Waals surface area contributed by atoms with Crippen LogP contribution in [0.25, 0.3) is 0 Å². The van der Waals surface area contributed by atoms with E-state index < -0.39 is 18.7 Å². The maximum atomic E-state index is 10.8. The van der Waals surface area contributed by atoms with E-state index in [9.17, 15) is 9.59 Å². The van der Waals surface area contributed by atoms with Gasteiger partial charge in [-0.2, -0.15) is 0 Å². The number of aliphatic hydroxyl groups is 1. The minimum atomic E-state index is -0.762. The fourth-order valence-electron chi connectivity index (χ4n) is 0.645. The molecule has 1 N–H and O–H groups in total. The van der Waals surface area contributed by atoms with Crippen LogP contribution in [-0.2, 0) is 14.3 Å². The third kappa shape index (κ3) is 3.13. The first-order valence-corrected chi connectivity index (χ1v) is 3.36. The van der Waals surface area contributed by atoms with Crippen molar-refractivity contribution in [3.8, 4) is 0 Å². The summed E-state index contributed by atoms with van der Waals surface area (Å²) in [6, 6.07) is 0. The predicted octanol–water partition coefficient (Wildman–Crippen LogP) is -0.0495. The van der Waals surface area contributed by atoms with E-state index in [-0.39, 0.29) is 5.92 Å². The van der Waals surface area contributed by atoms with Crippen molar-refractivity contribution in [2.75, 3.05) is 6.79 Å². The molecule has 0 saturated carbocycles. The first-order chi connectivity index (χ1) is 5.13. The van der Waals surface area contributed by atoms with Gasteiger partial charge in [0.05, 0.1) is 0 Å². The summed E-state index contributed by atoms with van der Waals surface area (Å²) in [6.07, 6.45) is 0.530. The molecule has 11 heavy (non-hydrogen) atoms. The second-order valence-electron chi connectivity index (χ2n) is 2.50. The largest absolute Gasteiger partial charge is 0.438 e. The van der Waals surface area contributed by atoms with Gasteiger partial charge in [0.2, 0.25) is 0 Å². The van der Waals surface area contributed by atoms with Crippen LogP contribution in [0.4, 0.5) is 0 Å². The van der Waals surface area contributed by atoms with Crippen LogP contribution in [0.1, 0.15) is 13.8 Å². The Labute approximate surface area is 65.2 Å². The Kier molecular flexibility index (Phi) is 4.45. The van der Waals surface area contributed by atoms with E-state index in [0.29, 0.717) is 6.29 Å². The number of rotatable bonds is 4. The van der Waals surface area contributed by atoms with Gasteiger partial charge in [0.15, 0.2) is 6.79 Å². The highest BCUT2D eigenvalue weighted by Gasteiger charge is 2.22. The topological polar surface area (TPSA) is 63.6 Å². The molecule has 0 amide bonds. The number of carbonyl (C=O) groups is 2. The Morgan fingerprint density at radius 1 is 1.64 bits per heavy atom. The zero-order valence-corrected chi connectivity index (χ0v) is 6.61. The minimum absolute atomic E-state index is 0.0912. The van der Waals surface area contributed by atoms with Crippen LogP contribution in [0.15, 0.2) is 0 Å². The fraction of sp³-hybridized carbons (Fsp3) is 0.714. The van der Waals surface area contributed by atoms with E-state index in [1.807, 2.05) is 0 Å². The number of hydrogen-bond donors (Lipinski definition) is 1. The molecule has 4 nitrogen and oxygen atoms in total. The Balaban J connectivity index is 4.03. The molecule has 0 radical (unpaired) electrons. The second kappa shape index (κ2) is 4.85. The second-order valence-corrected chi connectivity index (χ2v) is 2.50. The van der Waals surface area contributed by atoms with Crippen LogP contribution in [0.2, 0.25) is 0 Å². The molecule has 0 aromatic heterocycles. The van der Waals surface area contributed by atoms with E-state index in [1.54, 1.807) is 13.8 Å². The molecule has 0 aliphatic carbocycles. The lowest BCUT2D eigenvalue weighted by Gasteiger charge is -2.11. The third-order valence-corrected chi connectivity index (χ3v) is 1.34. The summed E-state index contributed by atoms with van der Waals surface area (Å²) in [6.45, 7) is 2.80. The van der Waals surface area contributed by atoms with Gasteiger partial charge in [-0.05, 0) is 5.92 Å². The van der Waals surface area contributed by atoms with E-state index in [4.69, 9.17) is 5.11 Å². The maximum Gasteiger partial charge on any atom is 0.318 e. The highest BCUT2D eigenvalue weighted by molar-refractivity contribution is 5.87. The van der Waals surface area contributed by atoms with Crippen molar-refractivity contribution in [1.82, 2.24) is 0 Å². The van der Waals surface area contributed by atoms with Crippen molar-refractivity contribution in [3.05, 3.63) is 0 Å². The van der Waals surface area contributed by atoms with Gasteiger partial charge < -0.3 is 14.6 Å². The quantitative estimate of drug-likeness (QED) is 0.271. The summed E-state index contributed by atoms with van der Waals surface area (Å²) in [4.78, 5) is 21.1. The highest BCUT2D eigenvalue weighted by Crippen LogP contribution is 2.09. The predicted molar refractivity (Wildman–Crippen MR) is 37.6 cm³/mol. The minimum Gasteiger partial charge on any atom is -0.438 e. The molecule has 0 aromatic rings. The van der Waals surface area contributed by atoms with Crippen LogP contribution >= 0.6 is 0 Å². The molecule has 1 unspecified atom stereocenters. The number of aldehydes is 1. The summed E-state index contributed by atoms with van der Waals surface area (Å²) < 4.78 is 4.24. The highest BCUT2D eigenvalue weighted by atomic mass is 16.6. The monoisotopic (exact) mass is 160 g/mol. The lowest BCUT2D eigenvalue weighted by Crippen LogP contribution is -2.24. The van der Waals surface area contributed by atoms with Crippen molar-refractivity contribution >= 4 is 12.3 Å². The first-order valence-electron chi connectivity index (χ1n) is 3.36. The van der Waals surface area contributed by atoms with E-state index in [1.165, 1.54) is 0 Å².